The van der Waals surface area contributed by atoms with Crippen LogP contribution in [0.15, 0.2) is 24.3 Å². The lowest BCUT2D eigenvalue weighted by molar-refractivity contribution is 0.622. The van der Waals surface area contributed by atoms with Crippen LogP contribution in [0.4, 0.5) is 0 Å². The number of aromatic nitrogens is 2. The molecule has 94 valence electrons. The zero-order chi connectivity index (χ0) is 12.5. The highest BCUT2D eigenvalue weighted by molar-refractivity contribution is 6.30. The van der Waals surface area contributed by atoms with Crippen LogP contribution in [0.5, 0.6) is 0 Å². The molecule has 0 radical (unpaired) electrons. The number of benzene rings is 1. The van der Waals surface area contributed by atoms with Crippen molar-refractivity contribution in [3.05, 3.63) is 40.5 Å². The third-order valence-electron chi connectivity index (χ3n) is 3.57. The first kappa shape index (κ1) is 11.8. The molecule has 1 aromatic carbocycles. The van der Waals surface area contributed by atoms with Gasteiger partial charge in [-0.1, -0.05) is 23.7 Å². The predicted octanol–water partition coefficient (Wildman–Crippen LogP) is 3.46. The number of nitrogens with one attached hydrogen (secondary N) is 2. The minimum Gasteiger partial charge on any atom is -0.309 e. The van der Waals surface area contributed by atoms with E-state index in [1.165, 1.54) is 24.1 Å². The summed E-state index contributed by atoms with van der Waals surface area (Å²) in [4.78, 5) is 0. The maximum Gasteiger partial charge on any atom is 0.0953 e. The van der Waals surface area contributed by atoms with E-state index >= 15 is 0 Å². The smallest absolute Gasteiger partial charge is 0.0953 e. The summed E-state index contributed by atoms with van der Waals surface area (Å²) < 4.78 is 0. The fourth-order valence-electron chi connectivity index (χ4n) is 2.57. The Morgan fingerprint density at radius 1 is 1.28 bits per heavy atom. The Morgan fingerprint density at radius 3 is 2.72 bits per heavy atom. The van der Waals surface area contributed by atoms with Crippen LogP contribution in [-0.2, 0) is 0 Å². The minimum atomic E-state index is 0.429. The third kappa shape index (κ3) is 2.04. The first-order chi connectivity index (χ1) is 8.75. The molecule has 3 rings (SSSR count). The summed E-state index contributed by atoms with van der Waals surface area (Å²) in [5, 5.41) is 11.9. The van der Waals surface area contributed by atoms with Crippen LogP contribution in [0.3, 0.4) is 0 Å². The van der Waals surface area contributed by atoms with E-state index in [0.29, 0.717) is 6.04 Å². The van der Waals surface area contributed by atoms with E-state index in [-0.39, 0.29) is 0 Å². The molecular formula is C14H16ClN3. The standard InChI is InChI=1S/C14H16ClN3/c1-9-13(10-4-6-11(15)7-5-10)17-18-14(9)12-3-2-8-16-12/h4-7,12,16H,2-3,8H2,1H3,(H,17,18). The molecule has 0 saturated carbocycles. The number of hydrogen-bond donors (Lipinski definition) is 2. The van der Waals surface area contributed by atoms with Crippen LogP contribution in [0.1, 0.15) is 30.1 Å². The van der Waals surface area contributed by atoms with Gasteiger partial charge in [0.05, 0.1) is 11.4 Å². The summed E-state index contributed by atoms with van der Waals surface area (Å²) in [6.07, 6.45) is 2.42. The lowest BCUT2D eigenvalue weighted by Crippen LogP contribution is -2.14. The average Bonchev–Trinajstić information content (AvgIpc) is 2.99. The Labute approximate surface area is 112 Å². The lowest BCUT2D eigenvalue weighted by atomic mass is 10.0. The molecular weight excluding hydrogens is 246 g/mol. The third-order valence-corrected chi connectivity index (χ3v) is 3.83. The monoisotopic (exact) mass is 261 g/mol. The quantitative estimate of drug-likeness (QED) is 0.869. The zero-order valence-corrected chi connectivity index (χ0v) is 11.1. The minimum absolute atomic E-state index is 0.429. The highest BCUT2D eigenvalue weighted by Crippen LogP contribution is 2.30. The molecule has 0 amide bonds. The van der Waals surface area contributed by atoms with Gasteiger partial charge in [-0.05, 0) is 44.0 Å². The van der Waals surface area contributed by atoms with E-state index in [2.05, 4.69) is 22.4 Å². The SMILES string of the molecule is Cc1c(-c2ccc(Cl)cc2)n[nH]c1C1CCCN1. The Morgan fingerprint density at radius 2 is 2.06 bits per heavy atom. The molecule has 1 atom stereocenters. The lowest BCUT2D eigenvalue weighted by Gasteiger charge is -2.08. The average molecular weight is 262 g/mol. The number of halogens is 1. The molecule has 1 saturated heterocycles. The molecule has 1 aromatic heterocycles. The van der Waals surface area contributed by atoms with Crippen LogP contribution in [0.2, 0.25) is 5.02 Å². The summed E-state index contributed by atoms with van der Waals surface area (Å²) >= 11 is 5.91. The van der Waals surface area contributed by atoms with Gasteiger partial charge in [0.15, 0.2) is 0 Å². The van der Waals surface area contributed by atoms with Crippen molar-refractivity contribution in [1.29, 1.82) is 0 Å². The molecule has 1 aliphatic heterocycles. The highest BCUT2D eigenvalue weighted by atomic mass is 35.5. The molecule has 0 bridgehead atoms. The van der Waals surface area contributed by atoms with Gasteiger partial charge >= 0.3 is 0 Å². The molecule has 0 aliphatic carbocycles. The topological polar surface area (TPSA) is 40.7 Å². The van der Waals surface area contributed by atoms with Gasteiger partial charge in [-0.3, -0.25) is 5.10 Å². The van der Waals surface area contributed by atoms with Gasteiger partial charge in [-0.25, -0.2) is 0 Å². The molecule has 3 nitrogen and oxygen atoms in total. The largest absolute Gasteiger partial charge is 0.309 e. The molecule has 1 unspecified atom stereocenters. The van der Waals surface area contributed by atoms with Crippen molar-refractivity contribution in [2.75, 3.05) is 6.54 Å². The van der Waals surface area contributed by atoms with Gasteiger partial charge in [-0.2, -0.15) is 5.10 Å². The summed E-state index contributed by atoms with van der Waals surface area (Å²) in [6, 6.07) is 8.25. The zero-order valence-electron chi connectivity index (χ0n) is 10.3. The second-order valence-electron chi connectivity index (χ2n) is 4.77. The Balaban J connectivity index is 1.96. The van der Waals surface area contributed by atoms with Crippen molar-refractivity contribution in [1.82, 2.24) is 15.5 Å². The Hall–Kier alpha value is -1.32. The van der Waals surface area contributed by atoms with Crippen molar-refractivity contribution >= 4 is 11.6 Å². The molecule has 18 heavy (non-hydrogen) atoms. The van der Waals surface area contributed by atoms with Crippen LogP contribution in [0.25, 0.3) is 11.3 Å². The van der Waals surface area contributed by atoms with E-state index in [1.807, 2.05) is 24.3 Å². The second-order valence-corrected chi connectivity index (χ2v) is 5.20. The Kier molecular flexibility index (Phi) is 3.10. The number of H-pyrrole nitrogens is 1. The summed E-state index contributed by atoms with van der Waals surface area (Å²) in [5.41, 5.74) is 4.59. The van der Waals surface area contributed by atoms with Gasteiger partial charge in [-0.15, -0.1) is 0 Å². The second kappa shape index (κ2) is 4.75. The number of nitrogens with zero attached hydrogens (tertiary/aromatic N) is 1. The van der Waals surface area contributed by atoms with Crippen LogP contribution >= 0.6 is 11.6 Å². The van der Waals surface area contributed by atoms with Crippen molar-refractivity contribution in [3.63, 3.8) is 0 Å². The highest BCUT2D eigenvalue weighted by Gasteiger charge is 2.22. The van der Waals surface area contributed by atoms with Crippen molar-refractivity contribution < 1.29 is 0 Å². The fourth-order valence-corrected chi connectivity index (χ4v) is 2.70. The van der Waals surface area contributed by atoms with Gasteiger partial charge in [0.1, 0.15) is 0 Å². The number of hydrogen-bond acceptors (Lipinski definition) is 2. The molecule has 2 heterocycles. The van der Waals surface area contributed by atoms with E-state index in [9.17, 15) is 0 Å². The van der Waals surface area contributed by atoms with Crippen molar-refractivity contribution in [2.24, 2.45) is 0 Å². The van der Waals surface area contributed by atoms with Crippen molar-refractivity contribution in [3.8, 4) is 11.3 Å². The van der Waals surface area contributed by atoms with Gasteiger partial charge in [0.2, 0.25) is 0 Å². The van der Waals surface area contributed by atoms with E-state index in [4.69, 9.17) is 11.6 Å². The maximum atomic E-state index is 5.91. The number of aromatic amines is 1. The normalized spacial score (nSPS) is 19.3. The van der Waals surface area contributed by atoms with Crippen LogP contribution in [-0.4, -0.2) is 16.7 Å². The maximum absolute atomic E-state index is 5.91. The van der Waals surface area contributed by atoms with Gasteiger partial charge < -0.3 is 5.32 Å². The van der Waals surface area contributed by atoms with E-state index in [0.717, 1.165) is 22.8 Å². The van der Waals surface area contributed by atoms with Crippen molar-refractivity contribution in [2.45, 2.75) is 25.8 Å². The summed E-state index contributed by atoms with van der Waals surface area (Å²) in [6.45, 7) is 3.22. The first-order valence-corrected chi connectivity index (χ1v) is 6.67. The van der Waals surface area contributed by atoms with E-state index < -0.39 is 0 Å². The molecule has 0 spiro atoms. The molecule has 2 N–H and O–H groups in total. The van der Waals surface area contributed by atoms with Crippen LogP contribution < -0.4 is 5.32 Å². The summed E-state index contributed by atoms with van der Waals surface area (Å²) in [5.74, 6) is 0. The first-order valence-electron chi connectivity index (χ1n) is 6.30. The van der Waals surface area contributed by atoms with Gasteiger partial charge in [0, 0.05) is 16.6 Å². The molecule has 2 aromatic rings. The Bertz CT molecular complexity index is 539. The summed E-state index contributed by atoms with van der Waals surface area (Å²) in [7, 11) is 0. The molecule has 4 heteroatoms. The van der Waals surface area contributed by atoms with Crippen LogP contribution in [0, 0.1) is 6.92 Å². The fraction of sp³-hybridized carbons (Fsp3) is 0.357. The van der Waals surface area contributed by atoms with E-state index in [1.54, 1.807) is 0 Å². The number of rotatable bonds is 2. The van der Waals surface area contributed by atoms with Gasteiger partial charge in [0.25, 0.3) is 0 Å². The molecule has 1 aliphatic rings. The predicted molar refractivity (Wildman–Crippen MR) is 73.7 cm³/mol. The molecule has 1 fully saturated rings.